The highest BCUT2D eigenvalue weighted by atomic mass is 32.1. The number of ether oxygens (including phenoxy) is 2. The lowest BCUT2D eigenvalue weighted by molar-refractivity contribution is -0.126. The number of Topliss-reactive ketones (excluding diaryl/α,β-unsaturated/α-hetero) is 1. The Kier molecular flexibility index (Phi) is 9.55. The minimum atomic E-state index is -0.602. The van der Waals surface area contributed by atoms with E-state index in [1.54, 1.807) is 44.6 Å². The number of methoxy groups -OCH3 is 1. The summed E-state index contributed by atoms with van der Waals surface area (Å²) < 4.78 is 29.0. The molecule has 1 amide bonds. The number of pyridine rings is 1. The Balaban J connectivity index is 1.26. The summed E-state index contributed by atoms with van der Waals surface area (Å²) >= 11 is 1.47. The molecule has 0 radical (unpaired) electrons. The lowest BCUT2D eigenvalue weighted by Crippen LogP contribution is -2.28. The molecule has 3 heterocycles. The maximum Gasteiger partial charge on any atom is 0.234 e. The number of fused-ring (bicyclic) bond motifs is 1. The van der Waals surface area contributed by atoms with Crippen LogP contribution in [0.4, 0.5) is 10.1 Å². The summed E-state index contributed by atoms with van der Waals surface area (Å²) in [5.41, 5.74) is 2.91. The lowest BCUT2D eigenvalue weighted by Gasteiger charge is -2.16. The van der Waals surface area contributed by atoms with Crippen molar-refractivity contribution in [3.05, 3.63) is 90.1 Å². The van der Waals surface area contributed by atoms with Gasteiger partial charge in [-0.25, -0.2) is 9.37 Å². The van der Waals surface area contributed by atoms with Crippen molar-refractivity contribution in [1.29, 1.82) is 0 Å². The highest BCUT2D eigenvalue weighted by Crippen LogP contribution is 2.39. The monoisotopic (exact) mass is 601 g/mol. The largest absolute Gasteiger partial charge is 0.453 e. The third-order valence-corrected chi connectivity index (χ3v) is 8.09. The third-order valence-electron chi connectivity index (χ3n) is 6.95. The molecule has 3 aromatic heterocycles. The molecule has 0 bridgehead atoms. The minimum absolute atomic E-state index is 0.0277. The number of imidazole rings is 1. The number of halogens is 1. The summed E-state index contributed by atoms with van der Waals surface area (Å²) in [7, 11) is 5.26. The summed E-state index contributed by atoms with van der Waals surface area (Å²) in [5.74, 6) is 0.0647. The molecule has 5 rings (SSSR count). The number of anilines is 1. The number of carbonyl (C=O) groups is 2. The van der Waals surface area contributed by atoms with E-state index in [1.165, 1.54) is 28.4 Å². The van der Waals surface area contributed by atoms with Crippen LogP contribution in [0, 0.1) is 5.82 Å². The van der Waals surface area contributed by atoms with Crippen molar-refractivity contribution in [2.45, 2.75) is 19.4 Å². The highest BCUT2D eigenvalue weighted by Gasteiger charge is 2.18. The van der Waals surface area contributed by atoms with Crippen LogP contribution in [0.2, 0.25) is 0 Å². The predicted molar refractivity (Wildman–Crippen MR) is 165 cm³/mol. The zero-order chi connectivity index (χ0) is 30.3. The van der Waals surface area contributed by atoms with Gasteiger partial charge in [0.25, 0.3) is 0 Å². The van der Waals surface area contributed by atoms with Gasteiger partial charge in [-0.2, -0.15) is 0 Å². The smallest absolute Gasteiger partial charge is 0.234 e. The SMILES string of the molecule is COCCNCc1cnc(-c2cc3nccc(Oc4ccc(CC(=O)CC(=O)N(C)c5ccccc5)cc4F)c3s2)n1C. The molecule has 0 aliphatic heterocycles. The topological polar surface area (TPSA) is 98.6 Å². The number of carbonyl (C=O) groups excluding carboxylic acids is 2. The Morgan fingerprint density at radius 2 is 1.88 bits per heavy atom. The van der Waals surface area contributed by atoms with Gasteiger partial charge in [0.1, 0.15) is 17.4 Å². The van der Waals surface area contributed by atoms with Gasteiger partial charge in [-0.3, -0.25) is 14.6 Å². The molecule has 222 valence electrons. The van der Waals surface area contributed by atoms with Crippen LogP contribution in [0.1, 0.15) is 17.7 Å². The standard InChI is InChI=1S/C32H32FN5O4S/c1-37(22-7-5-4-6-8-22)30(40)17-24(39)15-21-9-10-27(25(33)16-21)42-28-11-12-35-26-18-29(43-31(26)28)32-36-20-23(38(32)2)19-34-13-14-41-3/h4-12,16,18,20,34H,13-15,17,19H2,1-3H3. The fraction of sp³-hybridized carbons (Fsp3) is 0.250. The van der Waals surface area contributed by atoms with E-state index in [9.17, 15) is 9.59 Å². The molecule has 5 aromatic rings. The zero-order valence-corrected chi connectivity index (χ0v) is 25.0. The minimum Gasteiger partial charge on any atom is -0.453 e. The van der Waals surface area contributed by atoms with Crippen LogP contribution in [-0.4, -0.2) is 53.5 Å². The molecular formula is C32H32FN5O4S. The maximum absolute atomic E-state index is 15.1. The van der Waals surface area contributed by atoms with E-state index >= 15 is 4.39 Å². The molecule has 0 atom stereocenters. The average molecular weight is 602 g/mol. The molecule has 0 aliphatic rings. The summed E-state index contributed by atoms with van der Waals surface area (Å²) in [6.45, 7) is 2.03. The van der Waals surface area contributed by atoms with E-state index in [-0.39, 0.29) is 30.3 Å². The predicted octanol–water partition coefficient (Wildman–Crippen LogP) is 5.53. The van der Waals surface area contributed by atoms with E-state index in [1.807, 2.05) is 42.1 Å². The second-order valence-electron chi connectivity index (χ2n) is 9.98. The summed E-state index contributed by atoms with van der Waals surface area (Å²) in [4.78, 5) is 36.6. The van der Waals surface area contributed by atoms with E-state index in [4.69, 9.17) is 9.47 Å². The molecule has 11 heteroatoms. The molecule has 0 saturated carbocycles. The lowest BCUT2D eigenvalue weighted by atomic mass is 10.1. The van der Waals surface area contributed by atoms with Gasteiger partial charge in [0.05, 0.1) is 40.0 Å². The summed E-state index contributed by atoms with van der Waals surface area (Å²) in [6, 6.07) is 17.1. The van der Waals surface area contributed by atoms with Crippen LogP contribution in [-0.2, 0) is 34.3 Å². The molecule has 2 aromatic carbocycles. The van der Waals surface area contributed by atoms with Crippen molar-refractivity contribution in [3.63, 3.8) is 0 Å². The first kappa shape index (κ1) is 30.0. The second-order valence-corrected chi connectivity index (χ2v) is 11.0. The second kappa shape index (κ2) is 13.7. The van der Waals surface area contributed by atoms with Gasteiger partial charge in [-0.05, 0) is 35.9 Å². The van der Waals surface area contributed by atoms with Gasteiger partial charge in [0.15, 0.2) is 11.6 Å². The van der Waals surface area contributed by atoms with Crippen LogP contribution in [0.15, 0.2) is 73.1 Å². The first-order chi connectivity index (χ1) is 20.8. The van der Waals surface area contributed by atoms with Crippen LogP contribution in [0.5, 0.6) is 11.5 Å². The van der Waals surface area contributed by atoms with Crippen molar-refractivity contribution >= 4 is 38.9 Å². The van der Waals surface area contributed by atoms with E-state index in [0.29, 0.717) is 35.7 Å². The van der Waals surface area contributed by atoms with Crippen molar-refractivity contribution in [1.82, 2.24) is 19.9 Å². The Morgan fingerprint density at radius 3 is 2.65 bits per heavy atom. The summed E-state index contributed by atoms with van der Waals surface area (Å²) in [5, 5.41) is 3.32. The molecule has 9 nitrogen and oxygen atoms in total. The number of hydrogen-bond donors (Lipinski definition) is 1. The number of ketones is 1. The number of amides is 1. The van der Waals surface area contributed by atoms with Crippen LogP contribution in [0.25, 0.3) is 20.9 Å². The third kappa shape index (κ3) is 7.14. The highest BCUT2D eigenvalue weighted by molar-refractivity contribution is 7.22. The van der Waals surface area contributed by atoms with E-state index < -0.39 is 5.82 Å². The Morgan fingerprint density at radius 1 is 1.07 bits per heavy atom. The number of aromatic nitrogens is 3. The number of hydrogen-bond acceptors (Lipinski definition) is 8. The van der Waals surface area contributed by atoms with Crippen LogP contribution in [0.3, 0.4) is 0 Å². The fourth-order valence-electron chi connectivity index (χ4n) is 4.56. The van der Waals surface area contributed by atoms with E-state index in [0.717, 1.165) is 27.6 Å². The number of nitrogens with zero attached hydrogens (tertiary/aromatic N) is 4. The summed E-state index contributed by atoms with van der Waals surface area (Å²) in [6.07, 6.45) is 3.12. The molecule has 0 fully saturated rings. The van der Waals surface area contributed by atoms with Gasteiger partial charge < -0.3 is 24.3 Å². The number of nitrogens with one attached hydrogen (secondary N) is 1. The first-order valence-corrected chi connectivity index (χ1v) is 14.5. The van der Waals surface area contributed by atoms with Crippen LogP contribution < -0.4 is 15.0 Å². The number of thiophene rings is 1. The Bertz CT molecular complexity index is 1740. The van der Waals surface area contributed by atoms with Crippen molar-refractivity contribution in [2.75, 3.05) is 32.2 Å². The van der Waals surface area contributed by atoms with Crippen LogP contribution >= 0.6 is 11.3 Å². The van der Waals surface area contributed by atoms with Crippen molar-refractivity contribution in [3.8, 4) is 22.2 Å². The molecular weight excluding hydrogens is 569 g/mol. The Hall–Kier alpha value is -4.45. The van der Waals surface area contributed by atoms with E-state index in [2.05, 4.69) is 15.3 Å². The normalized spacial score (nSPS) is 11.2. The molecule has 0 saturated heterocycles. The Labute approximate surface area is 252 Å². The zero-order valence-electron chi connectivity index (χ0n) is 24.2. The van der Waals surface area contributed by atoms with Gasteiger partial charge >= 0.3 is 0 Å². The van der Waals surface area contributed by atoms with Gasteiger partial charge in [0, 0.05) is 58.7 Å². The van der Waals surface area contributed by atoms with Gasteiger partial charge in [-0.15, -0.1) is 11.3 Å². The van der Waals surface area contributed by atoms with Gasteiger partial charge in [0.2, 0.25) is 5.91 Å². The molecule has 43 heavy (non-hydrogen) atoms. The quantitative estimate of drug-likeness (QED) is 0.140. The molecule has 0 spiro atoms. The number of rotatable bonds is 13. The fourth-order valence-corrected chi connectivity index (χ4v) is 5.66. The van der Waals surface area contributed by atoms with Crippen molar-refractivity contribution in [2.24, 2.45) is 7.05 Å². The molecule has 1 N–H and O–H groups in total. The maximum atomic E-state index is 15.1. The number of benzene rings is 2. The van der Waals surface area contributed by atoms with Gasteiger partial charge in [-0.1, -0.05) is 24.3 Å². The molecule has 0 aliphatic carbocycles. The molecule has 0 unspecified atom stereocenters. The number of para-hydroxylation sites is 1. The van der Waals surface area contributed by atoms with Crippen molar-refractivity contribution < 1.29 is 23.5 Å². The average Bonchev–Trinajstić information content (AvgIpc) is 3.60. The first-order valence-electron chi connectivity index (χ1n) is 13.7.